The van der Waals surface area contributed by atoms with E-state index in [-0.39, 0.29) is 0 Å². The average molecular weight is 211 g/mol. The molecular formula is C15H31. The van der Waals surface area contributed by atoms with Gasteiger partial charge in [-0.3, -0.25) is 0 Å². The summed E-state index contributed by atoms with van der Waals surface area (Å²) in [7, 11) is 0. The van der Waals surface area contributed by atoms with Crippen LogP contribution in [0.25, 0.3) is 0 Å². The largest absolute Gasteiger partial charge is 0.0654 e. The zero-order chi connectivity index (χ0) is 11.4. The van der Waals surface area contributed by atoms with E-state index in [1.165, 1.54) is 64.2 Å². The van der Waals surface area contributed by atoms with Gasteiger partial charge in [0.15, 0.2) is 0 Å². The molecule has 0 bridgehead atoms. The maximum Gasteiger partial charge on any atom is -0.0386 e. The Labute approximate surface area is 97.8 Å². The predicted molar refractivity (Wildman–Crippen MR) is 71.0 cm³/mol. The lowest BCUT2D eigenvalue weighted by atomic mass is 9.95. The Morgan fingerprint density at radius 3 is 1.80 bits per heavy atom. The molecule has 0 saturated carbocycles. The first-order chi connectivity index (χ1) is 7.35. The fourth-order valence-corrected chi connectivity index (χ4v) is 2.15. The zero-order valence-corrected chi connectivity index (χ0v) is 11.2. The van der Waals surface area contributed by atoms with E-state index in [4.69, 9.17) is 0 Å². The van der Waals surface area contributed by atoms with Gasteiger partial charge in [0.25, 0.3) is 0 Å². The van der Waals surface area contributed by atoms with Crippen molar-refractivity contribution >= 4 is 0 Å². The molecule has 0 saturated heterocycles. The standard InChI is InChI=1S/C15H31/c1-4-7-8-9-10-11-12-13-14-15(5-2)6-3/h5,15H,4,6-14H2,1-3H3. The molecule has 0 aliphatic rings. The summed E-state index contributed by atoms with van der Waals surface area (Å²) in [6.45, 7) is 6.79. The first-order valence-corrected chi connectivity index (χ1v) is 7.14. The van der Waals surface area contributed by atoms with Crippen LogP contribution in [-0.2, 0) is 0 Å². The fourth-order valence-electron chi connectivity index (χ4n) is 2.15. The second-order valence-corrected chi connectivity index (χ2v) is 4.77. The fraction of sp³-hybridized carbons (Fsp3) is 0.933. The Hall–Kier alpha value is 0. The van der Waals surface area contributed by atoms with Gasteiger partial charge >= 0.3 is 0 Å². The van der Waals surface area contributed by atoms with Gasteiger partial charge in [0.2, 0.25) is 0 Å². The molecule has 15 heavy (non-hydrogen) atoms. The van der Waals surface area contributed by atoms with Crippen LogP contribution < -0.4 is 0 Å². The normalized spacial score (nSPS) is 11.2. The molecule has 91 valence electrons. The van der Waals surface area contributed by atoms with E-state index in [0.29, 0.717) is 0 Å². The molecule has 0 heteroatoms. The molecule has 0 fully saturated rings. The highest BCUT2D eigenvalue weighted by molar-refractivity contribution is 4.69. The SMILES string of the molecule is C[CH]C(CC)CCCCCCCCCC. The van der Waals surface area contributed by atoms with Gasteiger partial charge in [0, 0.05) is 0 Å². The molecule has 0 heterocycles. The third kappa shape index (κ3) is 10.3. The summed E-state index contributed by atoms with van der Waals surface area (Å²) in [6.07, 6.45) is 16.7. The molecule has 0 spiro atoms. The second-order valence-electron chi connectivity index (χ2n) is 4.77. The first kappa shape index (κ1) is 15.0. The lowest BCUT2D eigenvalue weighted by Gasteiger charge is -2.10. The van der Waals surface area contributed by atoms with Gasteiger partial charge in [-0.05, 0) is 12.3 Å². The van der Waals surface area contributed by atoms with E-state index in [9.17, 15) is 0 Å². The van der Waals surface area contributed by atoms with Crippen LogP contribution >= 0.6 is 0 Å². The number of hydrogen-bond acceptors (Lipinski definition) is 0. The van der Waals surface area contributed by atoms with Crippen LogP contribution in [-0.4, -0.2) is 0 Å². The summed E-state index contributed by atoms with van der Waals surface area (Å²) in [5.74, 6) is 0.880. The van der Waals surface area contributed by atoms with Crippen molar-refractivity contribution in [2.75, 3.05) is 0 Å². The summed E-state index contributed by atoms with van der Waals surface area (Å²) in [6, 6.07) is 0. The van der Waals surface area contributed by atoms with Crippen LogP contribution in [0.1, 0.15) is 85.0 Å². The van der Waals surface area contributed by atoms with Gasteiger partial charge in [0.05, 0.1) is 0 Å². The maximum absolute atomic E-state index is 2.38. The number of hydrogen-bond donors (Lipinski definition) is 0. The molecule has 0 nitrogen and oxygen atoms in total. The second kappa shape index (κ2) is 12.1. The number of rotatable bonds is 11. The van der Waals surface area contributed by atoms with E-state index >= 15 is 0 Å². The van der Waals surface area contributed by atoms with Gasteiger partial charge in [0.1, 0.15) is 0 Å². The summed E-state index contributed by atoms with van der Waals surface area (Å²) in [4.78, 5) is 0. The quantitative estimate of drug-likeness (QED) is 0.381. The van der Waals surface area contributed by atoms with Crippen molar-refractivity contribution in [1.29, 1.82) is 0 Å². The van der Waals surface area contributed by atoms with Gasteiger partial charge in [-0.1, -0.05) is 85.0 Å². The molecule has 0 aliphatic heterocycles. The summed E-state index contributed by atoms with van der Waals surface area (Å²) in [5.41, 5.74) is 0. The van der Waals surface area contributed by atoms with Gasteiger partial charge in [-0.25, -0.2) is 0 Å². The summed E-state index contributed by atoms with van der Waals surface area (Å²) in [5, 5.41) is 0. The Balaban J connectivity index is 3.04. The van der Waals surface area contributed by atoms with E-state index in [0.717, 1.165) is 5.92 Å². The van der Waals surface area contributed by atoms with Crippen LogP contribution in [0.2, 0.25) is 0 Å². The summed E-state index contributed by atoms with van der Waals surface area (Å²) < 4.78 is 0. The monoisotopic (exact) mass is 211 g/mol. The van der Waals surface area contributed by atoms with Gasteiger partial charge in [-0.15, -0.1) is 0 Å². The minimum atomic E-state index is 0.880. The molecule has 1 unspecified atom stereocenters. The Bertz CT molecular complexity index is 103. The van der Waals surface area contributed by atoms with Crippen molar-refractivity contribution in [3.8, 4) is 0 Å². The minimum absolute atomic E-state index is 0.880. The molecule has 0 aliphatic carbocycles. The molecular weight excluding hydrogens is 180 g/mol. The van der Waals surface area contributed by atoms with Crippen LogP contribution in [0.15, 0.2) is 0 Å². The first-order valence-electron chi connectivity index (χ1n) is 7.14. The smallest absolute Gasteiger partial charge is 0.0386 e. The third-order valence-corrected chi connectivity index (χ3v) is 3.42. The van der Waals surface area contributed by atoms with Crippen LogP contribution in [0.4, 0.5) is 0 Å². The van der Waals surface area contributed by atoms with Crippen LogP contribution in [0.3, 0.4) is 0 Å². The molecule has 0 amide bonds. The maximum atomic E-state index is 2.38. The zero-order valence-electron chi connectivity index (χ0n) is 11.2. The highest BCUT2D eigenvalue weighted by Crippen LogP contribution is 2.17. The van der Waals surface area contributed by atoms with Crippen LogP contribution in [0, 0.1) is 12.3 Å². The van der Waals surface area contributed by atoms with Crippen molar-refractivity contribution in [1.82, 2.24) is 0 Å². The molecule has 1 radical (unpaired) electrons. The molecule has 0 aromatic carbocycles. The van der Waals surface area contributed by atoms with Crippen molar-refractivity contribution in [2.45, 2.75) is 85.0 Å². The molecule has 0 N–H and O–H groups in total. The van der Waals surface area contributed by atoms with Crippen LogP contribution in [0.5, 0.6) is 0 Å². The van der Waals surface area contributed by atoms with E-state index < -0.39 is 0 Å². The molecule has 0 rings (SSSR count). The van der Waals surface area contributed by atoms with E-state index in [1.807, 2.05) is 0 Å². The average Bonchev–Trinajstić information content (AvgIpc) is 2.27. The molecule has 0 aromatic heterocycles. The van der Waals surface area contributed by atoms with Gasteiger partial charge < -0.3 is 0 Å². The van der Waals surface area contributed by atoms with E-state index in [2.05, 4.69) is 27.2 Å². The molecule has 1 atom stereocenters. The lowest BCUT2D eigenvalue weighted by Crippen LogP contribution is -1.96. The highest BCUT2D eigenvalue weighted by atomic mass is 14.1. The third-order valence-electron chi connectivity index (χ3n) is 3.42. The Morgan fingerprint density at radius 1 is 0.800 bits per heavy atom. The highest BCUT2D eigenvalue weighted by Gasteiger charge is 2.02. The number of unbranched alkanes of at least 4 members (excludes halogenated alkanes) is 7. The Morgan fingerprint density at radius 2 is 1.33 bits per heavy atom. The van der Waals surface area contributed by atoms with Crippen molar-refractivity contribution in [2.24, 2.45) is 5.92 Å². The van der Waals surface area contributed by atoms with Gasteiger partial charge in [-0.2, -0.15) is 0 Å². The minimum Gasteiger partial charge on any atom is -0.0654 e. The van der Waals surface area contributed by atoms with Crippen molar-refractivity contribution in [3.63, 3.8) is 0 Å². The van der Waals surface area contributed by atoms with Crippen molar-refractivity contribution < 1.29 is 0 Å². The summed E-state index contributed by atoms with van der Waals surface area (Å²) >= 11 is 0. The lowest BCUT2D eigenvalue weighted by molar-refractivity contribution is 0.483. The van der Waals surface area contributed by atoms with Crippen molar-refractivity contribution in [3.05, 3.63) is 6.42 Å². The topological polar surface area (TPSA) is 0 Å². The molecule has 0 aromatic rings. The predicted octanol–water partition coefficient (Wildman–Crippen LogP) is 5.77. The Kier molecular flexibility index (Phi) is 12.1. The van der Waals surface area contributed by atoms with E-state index in [1.54, 1.807) is 0 Å².